The highest BCUT2D eigenvalue weighted by atomic mass is 35.5. The van der Waals surface area contributed by atoms with Crippen LogP contribution in [0.3, 0.4) is 0 Å². The second-order valence-corrected chi connectivity index (χ2v) is 5.08. The summed E-state index contributed by atoms with van der Waals surface area (Å²) >= 11 is 17.1. The van der Waals surface area contributed by atoms with Crippen LogP contribution in [0.4, 0.5) is 5.69 Å². The highest BCUT2D eigenvalue weighted by molar-refractivity contribution is 6.64. The normalized spacial score (nSPS) is 19.8. The Kier molecular flexibility index (Phi) is 3.61. The smallest absolute Gasteiger partial charge is 0.227 e. The molecule has 0 saturated carbocycles. The van der Waals surface area contributed by atoms with Crippen molar-refractivity contribution in [1.82, 2.24) is 0 Å². The van der Waals surface area contributed by atoms with Gasteiger partial charge in [0.1, 0.15) is 0 Å². The lowest BCUT2D eigenvalue weighted by Crippen LogP contribution is -2.25. The third-order valence-corrected chi connectivity index (χ3v) is 3.35. The summed E-state index contributed by atoms with van der Waals surface area (Å²) in [5.41, 5.74) is 0.591. The van der Waals surface area contributed by atoms with E-state index < -0.39 is 11.2 Å². The van der Waals surface area contributed by atoms with E-state index in [1.165, 1.54) is 4.90 Å². The van der Waals surface area contributed by atoms with Crippen LogP contribution in [0, 0.1) is 5.92 Å². The van der Waals surface area contributed by atoms with Gasteiger partial charge in [0.15, 0.2) is 0 Å². The maximum atomic E-state index is 11.7. The molecule has 0 aromatic heterocycles. The summed E-state index contributed by atoms with van der Waals surface area (Å²) in [7, 11) is 0. The van der Waals surface area contributed by atoms with Gasteiger partial charge in [-0.25, -0.2) is 0 Å². The fourth-order valence-corrected chi connectivity index (χ4v) is 2.46. The maximum Gasteiger partial charge on any atom is 0.227 e. The molecule has 6 heteroatoms. The molecule has 0 N–H and O–H groups in total. The minimum Gasteiger partial charge on any atom is -0.312 e. The molecule has 1 aromatic carbocycles. The van der Waals surface area contributed by atoms with Crippen molar-refractivity contribution in [2.75, 3.05) is 11.4 Å². The molecule has 1 heterocycles. The minimum atomic E-state index is -0.492. The second-order valence-electron chi connectivity index (χ2n) is 3.84. The van der Waals surface area contributed by atoms with Crippen LogP contribution >= 0.6 is 34.8 Å². The average molecular weight is 293 g/mol. The summed E-state index contributed by atoms with van der Waals surface area (Å²) < 4.78 is 0. The van der Waals surface area contributed by atoms with Gasteiger partial charge in [0.05, 0.1) is 5.92 Å². The topological polar surface area (TPSA) is 37.4 Å². The molecule has 90 valence electrons. The van der Waals surface area contributed by atoms with E-state index in [4.69, 9.17) is 34.8 Å². The average Bonchev–Trinajstić information content (AvgIpc) is 2.59. The first-order chi connectivity index (χ1) is 7.97. The Balaban J connectivity index is 2.28. The van der Waals surface area contributed by atoms with Gasteiger partial charge in [0, 0.05) is 28.7 Å². The Morgan fingerprint density at radius 1 is 1.24 bits per heavy atom. The zero-order valence-corrected chi connectivity index (χ0v) is 10.9. The van der Waals surface area contributed by atoms with E-state index in [1.54, 1.807) is 18.2 Å². The molecule has 3 nitrogen and oxygen atoms in total. The SMILES string of the molecule is O=C(Cl)[C@@H]1CC(=O)N(c2cc(Cl)cc(Cl)c2)C1. The van der Waals surface area contributed by atoms with Gasteiger partial charge >= 0.3 is 0 Å². The molecule has 0 spiro atoms. The van der Waals surface area contributed by atoms with Gasteiger partial charge < -0.3 is 4.90 Å². The van der Waals surface area contributed by atoms with Crippen LogP contribution in [-0.4, -0.2) is 17.7 Å². The lowest BCUT2D eigenvalue weighted by atomic mass is 10.1. The fraction of sp³-hybridized carbons (Fsp3) is 0.273. The fourth-order valence-electron chi connectivity index (χ4n) is 1.80. The molecule has 17 heavy (non-hydrogen) atoms. The first-order valence-corrected chi connectivity index (χ1v) is 6.06. The van der Waals surface area contributed by atoms with Gasteiger partial charge in [-0.15, -0.1) is 0 Å². The standard InChI is InChI=1S/C11H8Cl3NO2/c12-7-2-8(13)4-9(3-7)15-5-6(11(14)17)1-10(15)16/h2-4,6H,1,5H2/t6-/m1/s1. The molecule has 1 amide bonds. The van der Waals surface area contributed by atoms with Crippen LogP contribution in [0.25, 0.3) is 0 Å². The molecule has 1 atom stereocenters. The van der Waals surface area contributed by atoms with Crippen molar-refractivity contribution in [2.24, 2.45) is 5.92 Å². The van der Waals surface area contributed by atoms with Crippen molar-refractivity contribution in [1.29, 1.82) is 0 Å². The molecule has 1 fully saturated rings. The van der Waals surface area contributed by atoms with Crippen molar-refractivity contribution in [2.45, 2.75) is 6.42 Å². The molecule has 0 bridgehead atoms. The Hall–Kier alpha value is -0.770. The first-order valence-electron chi connectivity index (χ1n) is 4.93. The number of hydrogen-bond donors (Lipinski definition) is 0. The number of carbonyl (C=O) groups is 2. The van der Waals surface area contributed by atoms with Crippen LogP contribution in [-0.2, 0) is 9.59 Å². The van der Waals surface area contributed by atoms with Gasteiger partial charge in [-0.3, -0.25) is 9.59 Å². The van der Waals surface area contributed by atoms with Crippen LogP contribution in [0.5, 0.6) is 0 Å². The second kappa shape index (κ2) is 4.84. The number of anilines is 1. The van der Waals surface area contributed by atoms with E-state index in [1.807, 2.05) is 0 Å². The van der Waals surface area contributed by atoms with Crippen molar-refractivity contribution >= 4 is 51.6 Å². The monoisotopic (exact) mass is 291 g/mol. The molecule has 1 aliphatic heterocycles. The quantitative estimate of drug-likeness (QED) is 0.785. The predicted octanol–water partition coefficient (Wildman–Crippen LogP) is 3.11. The molecule has 0 radical (unpaired) electrons. The Morgan fingerprint density at radius 2 is 1.82 bits per heavy atom. The summed E-state index contributed by atoms with van der Waals surface area (Å²) in [4.78, 5) is 24.3. The van der Waals surface area contributed by atoms with Crippen molar-refractivity contribution in [3.05, 3.63) is 28.2 Å². The van der Waals surface area contributed by atoms with E-state index in [0.29, 0.717) is 15.7 Å². The van der Waals surface area contributed by atoms with Gasteiger partial charge in [-0.05, 0) is 29.8 Å². The summed E-state index contributed by atoms with van der Waals surface area (Å²) in [6, 6.07) is 4.84. The van der Waals surface area contributed by atoms with Crippen molar-refractivity contribution in [3.63, 3.8) is 0 Å². The van der Waals surface area contributed by atoms with Crippen LogP contribution in [0.2, 0.25) is 10.0 Å². The lowest BCUT2D eigenvalue weighted by molar-refractivity contribution is -0.120. The Morgan fingerprint density at radius 3 is 2.29 bits per heavy atom. The molecule has 0 unspecified atom stereocenters. The number of hydrogen-bond acceptors (Lipinski definition) is 2. The number of benzene rings is 1. The Labute approximate surface area is 113 Å². The highest BCUT2D eigenvalue weighted by Crippen LogP contribution is 2.30. The Bertz CT molecular complexity index is 469. The van der Waals surface area contributed by atoms with Gasteiger partial charge in [0.25, 0.3) is 0 Å². The van der Waals surface area contributed by atoms with Gasteiger partial charge in [-0.2, -0.15) is 0 Å². The lowest BCUT2D eigenvalue weighted by Gasteiger charge is -2.16. The van der Waals surface area contributed by atoms with Crippen LogP contribution in [0.1, 0.15) is 6.42 Å². The molecule has 1 saturated heterocycles. The zero-order valence-electron chi connectivity index (χ0n) is 8.62. The van der Waals surface area contributed by atoms with Crippen LogP contribution in [0.15, 0.2) is 18.2 Å². The molecule has 1 aliphatic rings. The van der Waals surface area contributed by atoms with Crippen LogP contribution < -0.4 is 4.90 Å². The van der Waals surface area contributed by atoms with E-state index >= 15 is 0 Å². The number of amides is 1. The summed E-state index contributed by atoms with van der Waals surface area (Å²) in [6.45, 7) is 0.276. The van der Waals surface area contributed by atoms with E-state index in [9.17, 15) is 9.59 Å². The molecule has 0 aliphatic carbocycles. The summed E-state index contributed by atoms with van der Waals surface area (Å²) in [5.74, 6) is -0.607. The third-order valence-electron chi connectivity index (χ3n) is 2.60. The highest BCUT2D eigenvalue weighted by Gasteiger charge is 2.34. The summed E-state index contributed by atoms with van der Waals surface area (Å²) in [5, 5.41) is 0.399. The minimum absolute atomic E-state index is 0.131. The molecule has 2 rings (SSSR count). The predicted molar refractivity (Wildman–Crippen MR) is 67.8 cm³/mol. The molecular weight excluding hydrogens is 284 g/mol. The number of halogens is 3. The van der Waals surface area contributed by atoms with E-state index in [0.717, 1.165) is 0 Å². The molecular formula is C11H8Cl3NO2. The largest absolute Gasteiger partial charge is 0.312 e. The van der Waals surface area contributed by atoms with E-state index in [-0.39, 0.29) is 18.9 Å². The third kappa shape index (κ3) is 2.73. The number of rotatable bonds is 2. The van der Waals surface area contributed by atoms with Crippen molar-refractivity contribution < 1.29 is 9.59 Å². The van der Waals surface area contributed by atoms with Gasteiger partial charge in [-0.1, -0.05) is 23.2 Å². The van der Waals surface area contributed by atoms with E-state index in [2.05, 4.69) is 0 Å². The zero-order chi connectivity index (χ0) is 12.6. The molecule has 1 aromatic rings. The number of carbonyl (C=O) groups excluding carboxylic acids is 2. The first kappa shape index (κ1) is 12.7. The maximum absolute atomic E-state index is 11.7. The number of nitrogens with zero attached hydrogens (tertiary/aromatic N) is 1. The van der Waals surface area contributed by atoms with Crippen molar-refractivity contribution in [3.8, 4) is 0 Å². The summed E-state index contributed by atoms with van der Waals surface area (Å²) in [6.07, 6.45) is 0.131. The van der Waals surface area contributed by atoms with Gasteiger partial charge in [0.2, 0.25) is 11.1 Å².